The number of anilines is 1. The van der Waals surface area contributed by atoms with E-state index < -0.39 is 35.8 Å². The summed E-state index contributed by atoms with van der Waals surface area (Å²) in [7, 11) is 1.13. The summed E-state index contributed by atoms with van der Waals surface area (Å²) in [6.45, 7) is -0.460. The summed E-state index contributed by atoms with van der Waals surface area (Å²) >= 11 is 1.04. The molecule has 4 rings (SSSR count). The van der Waals surface area contributed by atoms with Crippen molar-refractivity contribution in [3.05, 3.63) is 82.9 Å². The molecule has 5 N–H and O–H groups in total. The van der Waals surface area contributed by atoms with Crippen molar-refractivity contribution in [3.8, 4) is 33.8 Å². The second kappa shape index (κ2) is 10.8. The van der Waals surface area contributed by atoms with E-state index in [0.717, 1.165) is 18.4 Å². The Balaban J connectivity index is 1.95. The summed E-state index contributed by atoms with van der Waals surface area (Å²) in [5.74, 6) is -3.57. The number of carbonyl (C=O) groups excluding carboxylic acids is 1. The number of benzene rings is 3. The lowest BCUT2D eigenvalue weighted by Crippen LogP contribution is -2.16. The highest BCUT2D eigenvalue weighted by atomic mass is 32.1. The van der Waals surface area contributed by atoms with E-state index in [1.165, 1.54) is 5.38 Å². The van der Waals surface area contributed by atoms with Gasteiger partial charge in [-0.2, -0.15) is 0 Å². The smallest absolute Gasteiger partial charge is 0.360 e. The van der Waals surface area contributed by atoms with Gasteiger partial charge in [-0.1, -0.05) is 65.8 Å². The van der Waals surface area contributed by atoms with E-state index >= 15 is 0 Å². The minimum atomic E-state index is -1.40. The number of rotatable bonds is 8. The number of phenols is 2. The number of esters is 1. The molecule has 1 aromatic heterocycles. The number of oxime groups is 1. The minimum Gasteiger partial charge on any atom is -0.504 e. The van der Waals surface area contributed by atoms with Crippen LogP contribution in [0, 0.1) is 0 Å². The first-order valence-electron chi connectivity index (χ1n) is 10.8. The number of carboxylic acids is 1. The second-order valence-electron chi connectivity index (χ2n) is 7.61. The van der Waals surface area contributed by atoms with Crippen LogP contribution in [0.3, 0.4) is 0 Å². The van der Waals surface area contributed by atoms with Crippen LogP contribution in [0.25, 0.3) is 22.3 Å². The molecule has 0 saturated carbocycles. The fourth-order valence-electron chi connectivity index (χ4n) is 3.80. The van der Waals surface area contributed by atoms with E-state index in [-0.39, 0.29) is 27.5 Å². The number of aromatic hydroxyl groups is 2. The van der Waals surface area contributed by atoms with E-state index in [9.17, 15) is 24.9 Å². The summed E-state index contributed by atoms with van der Waals surface area (Å²) in [5, 5.41) is 36.9. The van der Waals surface area contributed by atoms with Crippen LogP contribution in [0.5, 0.6) is 11.5 Å². The van der Waals surface area contributed by atoms with Crippen LogP contribution in [0.2, 0.25) is 0 Å². The number of carbonyl (C=O) groups is 2. The minimum absolute atomic E-state index is 0.00463. The number of nitrogens with zero attached hydrogens (tertiary/aromatic N) is 2. The molecule has 0 aliphatic rings. The van der Waals surface area contributed by atoms with Crippen LogP contribution >= 0.6 is 11.3 Å². The lowest BCUT2D eigenvalue weighted by atomic mass is 9.86. The monoisotopic (exact) mass is 519 g/mol. The SMILES string of the molecule is COC(=O)c1c(O)c(O)c(-c2ccccc2)c(-c2ccccc2)c1CO/N=C(\C(=O)O)c1csc(N)n1. The number of phenolic OH excluding ortho intramolecular Hbond substituents is 2. The fourth-order valence-corrected chi connectivity index (χ4v) is 4.35. The van der Waals surface area contributed by atoms with Crippen LogP contribution in [-0.4, -0.2) is 45.1 Å². The standard InChI is InChI=1S/C26H21N3O7S/c1-35-25(34)20-16(12-36-29-21(24(32)33)17-13-37-26(27)28-17)18(14-8-4-2-5-9-14)19(22(30)23(20)31)15-10-6-3-7-11-15/h2-11,13,30-31H,12H2,1H3,(H2,27,28)(H,32,33)/b29-21-. The van der Waals surface area contributed by atoms with Crippen LogP contribution in [-0.2, 0) is 21.0 Å². The number of aliphatic carboxylic acids is 1. The number of thiazole rings is 1. The Hall–Kier alpha value is -4.90. The highest BCUT2D eigenvalue weighted by Crippen LogP contribution is 2.49. The lowest BCUT2D eigenvalue weighted by molar-refractivity contribution is -0.129. The van der Waals surface area contributed by atoms with Crippen molar-refractivity contribution in [2.75, 3.05) is 12.8 Å². The summed E-state index contributed by atoms with van der Waals surface area (Å²) in [6.07, 6.45) is 0. The van der Waals surface area contributed by atoms with Crippen LogP contribution in [0.15, 0.2) is 71.2 Å². The van der Waals surface area contributed by atoms with E-state index in [4.69, 9.17) is 15.3 Å². The quantitative estimate of drug-likeness (QED) is 0.115. The molecule has 4 aromatic rings. The lowest BCUT2D eigenvalue weighted by Gasteiger charge is -2.21. The summed E-state index contributed by atoms with van der Waals surface area (Å²) in [6, 6.07) is 17.6. The molecule has 37 heavy (non-hydrogen) atoms. The molecule has 0 aliphatic carbocycles. The van der Waals surface area contributed by atoms with Gasteiger partial charge in [0, 0.05) is 22.1 Å². The van der Waals surface area contributed by atoms with Gasteiger partial charge in [0.1, 0.15) is 17.9 Å². The second-order valence-corrected chi connectivity index (χ2v) is 8.50. The number of nitrogen functional groups attached to an aromatic ring is 1. The van der Waals surface area contributed by atoms with E-state index in [0.29, 0.717) is 16.7 Å². The maximum atomic E-state index is 12.8. The molecule has 3 aromatic carbocycles. The number of carboxylic acid groups (broad SMARTS) is 1. The average molecular weight is 520 g/mol. The molecule has 0 atom stereocenters. The number of methoxy groups -OCH3 is 1. The highest BCUT2D eigenvalue weighted by Gasteiger charge is 2.30. The van der Waals surface area contributed by atoms with Crippen molar-refractivity contribution < 1.29 is 34.5 Å². The van der Waals surface area contributed by atoms with Gasteiger partial charge in [-0.15, -0.1) is 11.3 Å². The molecule has 0 saturated heterocycles. The first-order valence-corrected chi connectivity index (χ1v) is 11.7. The van der Waals surface area contributed by atoms with Crippen LogP contribution in [0.1, 0.15) is 21.6 Å². The largest absolute Gasteiger partial charge is 0.504 e. The van der Waals surface area contributed by atoms with Gasteiger partial charge in [-0.3, -0.25) is 0 Å². The molecular weight excluding hydrogens is 498 g/mol. The molecular formula is C26H21N3O7S. The molecule has 0 amide bonds. The Kier molecular flexibility index (Phi) is 7.35. The molecule has 0 radical (unpaired) electrons. The normalized spacial score (nSPS) is 11.2. The third kappa shape index (κ3) is 5.07. The van der Waals surface area contributed by atoms with Crippen molar-refractivity contribution in [1.82, 2.24) is 4.98 Å². The highest BCUT2D eigenvalue weighted by molar-refractivity contribution is 7.13. The third-order valence-corrected chi connectivity index (χ3v) is 6.07. The molecule has 188 valence electrons. The van der Waals surface area contributed by atoms with Gasteiger partial charge >= 0.3 is 11.9 Å². The van der Waals surface area contributed by atoms with Gasteiger partial charge in [0.05, 0.1) is 7.11 Å². The first kappa shape index (κ1) is 25.2. The molecule has 10 nitrogen and oxygen atoms in total. The van der Waals surface area contributed by atoms with Gasteiger partial charge in [-0.05, 0) is 11.1 Å². The Morgan fingerprint density at radius 2 is 1.57 bits per heavy atom. The number of hydrogen-bond acceptors (Lipinski definition) is 10. The maximum Gasteiger partial charge on any atom is 0.360 e. The number of aromatic nitrogens is 1. The third-order valence-electron chi connectivity index (χ3n) is 5.40. The maximum absolute atomic E-state index is 12.8. The van der Waals surface area contributed by atoms with Crippen LogP contribution < -0.4 is 5.73 Å². The number of hydrogen-bond donors (Lipinski definition) is 4. The van der Waals surface area contributed by atoms with Gasteiger partial charge in [-0.25, -0.2) is 14.6 Å². The number of nitrogens with two attached hydrogens (primary N) is 1. The van der Waals surface area contributed by atoms with Gasteiger partial charge in [0.2, 0.25) is 5.71 Å². The van der Waals surface area contributed by atoms with Gasteiger partial charge < -0.3 is 30.6 Å². The van der Waals surface area contributed by atoms with Gasteiger partial charge in [0.25, 0.3) is 0 Å². The summed E-state index contributed by atoms with van der Waals surface area (Å²) < 4.78 is 4.87. The Morgan fingerprint density at radius 3 is 2.08 bits per heavy atom. The first-order chi connectivity index (χ1) is 17.8. The molecule has 0 bridgehead atoms. The molecule has 0 aliphatic heterocycles. The Morgan fingerprint density at radius 1 is 0.973 bits per heavy atom. The van der Waals surface area contributed by atoms with Gasteiger partial charge in [0.15, 0.2) is 16.6 Å². The molecule has 1 heterocycles. The van der Waals surface area contributed by atoms with E-state index in [2.05, 4.69) is 10.1 Å². The Bertz CT molecular complexity index is 1490. The molecule has 11 heteroatoms. The fraction of sp³-hybridized carbons (Fsp3) is 0.0769. The summed E-state index contributed by atoms with van der Waals surface area (Å²) in [5.41, 5.74) is 6.65. The van der Waals surface area contributed by atoms with Crippen molar-refractivity contribution >= 4 is 34.1 Å². The zero-order chi connectivity index (χ0) is 26.5. The zero-order valence-corrected chi connectivity index (χ0v) is 20.2. The molecule has 0 fully saturated rings. The van der Waals surface area contributed by atoms with Crippen molar-refractivity contribution in [3.63, 3.8) is 0 Å². The van der Waals surface area contributed by atoms with Crippen molar-refractivity contribution in [1.29, 1.82) is 0 Å². The van der Waals surface area contributed by atoms with E-state index in [1.807, 2.05) is 0 Å². The Labute approximate surface area is 214 Å². The van der Waals surface area contributed by atoms with Crippen molar-refractivity contribution in [2.24, 2.45) is 5.16 Å². The predicted octanol–water partition coefficient (Wildman–Crippen LogP) is 4.26. The van der Waals surface area contributed by atoms with E-state index in [1.54, 1.807) is 60.7 Å². The van der Waals surface area contributed by atoms with Crippen molar-refractivity contribution in [2.45, 2.75) is 6.61 Å². The zero-order valence-electron chi connectivity index (χ0n) is 19.4. The molecule has 0 spiro atoms. The topological polar surface area (TPSA) is 165 Å². The van der Waals surface area contributed by atoms with Crippen LogP contribution in [0.4, 0.5) is 5.13 Å². The number of ether oxygens (including phenoxy) is 1. The average Bonchev–Trinajstić information content (AvgIpc) is 3.34. The predicted molar refractivity (Wildman–Crippen MR) is 137 cm³/mol. The summed E-state index contributed by atoms with van der Waals surface area (Å²) in [4.78, 5) is 33.9. The molecule has 0 unspecified atom stereocenters.